The first-order valence-electron chi connectivity index (χ1n) is 13.4. The molecule has 0 bridgehead atoms. The van der Waals surface area contributed by atoms with Crippen molar-refractivity contribution in [1.29, 1.82) is 0 Å². The number of piperidine rings is 1. The molecule has 1 spiro atoms. The smallest absolute Gasteiger partial charge is 0.407 e. The van der Waals surface area contributed by atoms with Crippen LogP contribution < -0.4 is 4.74 Å². The average Bonchev–Trinajstić information content (AvgIpc) is 3.74. The third-order valence-electron chi connectivity index (χ3n) is 7.89. The van der Waals surface area contributed by atoms with Crippen molar-refractivity contribution in [3.8, 4) is 5.75 Å². The van der Waals surface area contributed by atoms with E-state index in [1.807, 2.05) is 0 Å². The van der Waals surface area contributed by atoms with E-state index in [9.17, 15) is 31.8 Å². The zero-order valence-corrected chi connectivity index (χ0v) is 25.5. The Bertz CT molecular complexity index is 1490. The van der Waals surface area contributed by atoms with Gasteiger partial charge in [-0.15, -0.1) is 0 Å². The fraction of sp³-hybridized carbons (Fsp3) is 0.519. The molecule has 2 N–H and O–H groups in total. The molecular weight excluding hydrogens is 640 g/mol. The lowest BCUT2D eigenvalue weighted by atomic mass is 9.88. The number of rotatable bonds is 10. The molecule has 14 heteroatoms. The number of carboxylic acid groups (broad SMARTS) is 1. The summed E-state index contributed by atoms with van der Waals surface area (Å²) >= 11 is 3.31. The molecule has 5 rings (SSSR count). The quantitative estimate of drug-likeness (QED) is 0.388. The van der Waals surface area contributed by atoms with Crippen LogP contribution in [0.4, 0.5) is 4.79 Å². The molecule has 2 aromatic rings. The Morgan fingerprint density at radius 1 is 1.10 bits per heavy atom. The average molecular weight is 674 g/mol. The van der Waals surface area contributed by atoms with Gasteiger partial charge in [0.05, 0.1) is 39.8 Å². The molecule has 3 fully saturated rings. The van der Waals surface area contributed by atoms with Gasteiger partial charge >= 0.3 is 6.09 Å². The summed E-state index contributed by atoms with van der Waals surface area (Å²) in [5, 5.41) is 20.1. The van der Waals surface area contributed by atoms with Crippen LogP contribution in [-0.2, 0) is 24.6 Å². The molecule has 2 unspecified atom stereocenters. The molecule has 1 saturated carbocycles. The van der Waals surface area contributed by atoms with Gasteiger partial charge in [-0.3, -0.25) is 0 Å². The van der Waals surface area contributed by atoms with Crippen molar-refractivity contribution in [3.63, 3.8) is 0 Å². The van der Waals surface area contributed by atoms with E-state index in [1.54, 1.807) is 36.4 Å². The van der Waals surface area contributed by atoms with Gasteiger partial charge in [0.25, 0.3) is 0 Å². The number of amides is 1. The number of nitrogens with zero attached hydrogens (tertiary/aromatic N) is 2. The fourth-order valence-electron chi connectivity index (χ4n) is 5.45. The van der Waals surface area contributed by atoms with Crippen molar-refractivity contribution in [2.45, 2.75) is 64.9 Å². The van der Waals surface area contributed by atoms with Crippen LogP contribution in [0.3, 0.4) is 0 Å². The van der Waals surface area contributed by atoms with Gasteiger partial charge in [-0.2, -0.15) is 4.31 Å². The van der Waals surface area contributed by atoms with Gasteiger partial charge in [0, 0.05) is 17.6 Å². The molecule has 11 nitrogen and oxygen atoms in total. The number of hydrogen-bond donors (Lipinski definition) is 2. The van der Waals surface area contributed by atoms with Crippen LogP contribution in [-0.4, -0.2) is 98.2 Å². The van der Waals surface area contributed by atoms with Crippen molar-refractivity contribution in [1.82, 2.24) is 9.21 Å². The number of aliphatic hydroxyl groups is 1. The summed E-state index contributed by atoms with van der Waals surface area (Å²) < 4.78 is 65.0. The van der Waals surface area contributed by atoms with E-state index in [0.717, 1.165) is 4.90 Å². The van der Waals surface area contributed by atoms with E-state index < -0.39 is 43.7 Å². The van der Waals surface area contributed by atoms with Crippen molar-refractivity contribution in [3.05, 3.63) is 53.0 Å². The number of halogens is 1. The van der Waals surface area contributed by atoms with Gasteiger partial charge in [-0.05, 0) is 68.5 Å². The van der Waals surface area contributed by atoms with E-state index in [4.69, 9.17) is 9.47 Å². The van der Waals surface area contributed by atoms with Gasteiger partial charge in [0.1, 0.15) is 18.5 Å². The number of aliphatic hydroxyl groups excluding tert-OH is 1. The maximum atomic E-state index is 13.1. The van der Waals surface area contributed by atoms with Gasteiger partial charge in [-0.1, -0.05) is 28.1 Å². The number of sulfone groups is 1. The summed E-state index contributed by atoms with van der Waals surface area (Å²) in [6.45, 7) is 0.196. The van der Waals surface area contributed by atoms with Crippen molar-refractivity contribution in [2.24, 2.45) is 0 Å². The second-order valence-corrected chi connectivity index (χ2v) is 15.9. The van der Waals surface area contributed by atoms with Crippen LogP contribution in [0.15, 0.2) is 62.8 Å². The van der Waals surface area contributed by atoms with Crippen LogP contribution in [0.2, 0.25) is 0 Å². The lowest BCUT2D eigenvalue weighted by Crippen LogP contribution is -2.48. The van der Waals surface area contributed by atoms with Crippen molar-refractivity contribution >= 4 is 41.9 Å². The minimum Gasteiger partial charge on any atom is -0.491 e. The zero-order valence-electron chi connectivity index (χ0n) is 22.3. The predicted molar refractivity (Wildman–Crippen MR) is 152 cm³/mol. The van der Waals surface area contributed by atoms with Crippen LogP contribution in [0.5, 0.6) is 5.75 Å². The summed E-state index contributed by atoms with van der Waals surface area (Å²) in [5.41, 5.74) is -0.642. The summed E-state index contributed by atoms with van der Waals surface area (Å²) in [4.78, 5) is 13.6. The molecule has 0 radical (unpaired) electrons. The lowest BCUT2D eigenvalue weighted by Gasteiger charge is -2.38. The number of ether oxygens (including phenoxy) is 2. The Morgan fingerprint density at radius 3 is 2.44 bits per heavy atom. The van der Waals surface area contributed by atoms with Crippen LogP contribution in [0.25, 0.3) is 0 Å². The monoisotopic (exact) mass is 672 g/mol. The molecule has 2 aromatic carbocycles. The summed E-state index contributed by atoms with van der Waals surface area (Å²) in [7, 11) is -7.06. The minimum atomic E-state index is -3.67. The van der Waals surface area contributed by atoms with Crippen LogP contribution in [0.1, 0.15) is 32.1 Å². The molecule has 41 heavy (non-hydrogen) atoms. The van der Waals surface area contributed by atoms with E-state index >= 15 is 0 Å². The predicted octanol–water partition coefficient (Wildman–Crippen LogP) is 3.12. The Labute approximate surface area is 248 Å². The van der Waals surface area contributed by atoms with E-state index in [1.165, 1.54) is 16.4 Å². The van der Waals surface area contributed by atoms with E-state index in [0.29, 0.717) is 36.6 Å². The normalized spacial score (nSPS) is 22.0. The van der Waals surface area contributed by atoms with Crippen LogP contribution in [0, 0.1) is 0 Å². The molecule has 3 aliphatic rings. The lowest BCUT2D eigenvalue weighted by molar-refractivity contribution is -0.0319. The van der Waals surface area contributed by atoms with Gasteiger partial charge in [0.15, 0.2) is 9.84 Å². The zero-order chi connectivity index (χ0) is 29.4. The highest BCUT2D eigenvalue weighted by molar-refractivity contribution is 9.10. The highest BCUT2D eigenvalue weighted by atomic mass is 79.9. The Morgan fingerprint density at radius 2 is 1.78 bits per heavy atom. The number of hydrogen-bond acceptors (Lipinski definition) is 8. The first-order chi connectivity index (χ1) is 19.4. The minimum absolute atomic E-state index is 0.138. The molecule has 224 valence electrons. The standard InChI is InChI=1S/C27H33BrN2O9S2/c28-19-3-1-6-25(13-19)41(36,37)29-11-9-27(10-12-29)15-20(17-39-27)30(26(32)33)16-21(31)18-38-22-4-2-5-24(14-22)40(34,35)23-7-8-23/h1-6,13-14,20-21,23,31H,7-12,15-18H2,(H,32,33). The maximum absolute atomic E-state index is 13.1. The third-order valence-corrected chi connectivity index (χ3v) is 12.5. The molecule has 0 aromatic heterocycles. The molecule has 2 atom stereocenters. The number of carbonyl (C=O) groups is 1. The van der Waals surface area contributed by atoms with Gasteiger partial charge in [-0.25, -0.2) is 21.6 Å². The fourth-order valence-corrected chi connectivity index (χ4v) is 9.18. The molecule has 1 aliphatic carbocycles. The maximum Gasteiger partial charge on any atom is 0.407 e. The van der Waals surface area contributed by atoms with Crippen molar-refractivity contribution < 1.29 is 41.3 Å². The summed E-state index contributed by atoms with van der Waals surface area (Å²) in [6.07, 6.45) is 0.161. The Kier molecular flexibility index (Phi) is 8.71. The van der Waals surface area contributed by atoms with Gasteiger partial charge < -0.3 is 24.6 Å². The Hall–Kier alpha value is -2.23. The topological polar surface area (TPSA) is 151 Å². The van der Waals surface area contributed by atoms with E-state index in [-0.39, 0.29) is 53.6 Å². The summed E-state index contributed by atoms with van der Waals surface area (Å²) in [5.74, 6) is 0.278. The number of benzene rings is 2. The second-order valence-electron chi connectivity index (χ2n) is 10.8. The number of sulfonamides is 1. The molecule has 2 aliphatic heterocycles. The SMILES string of the molecule is O=C(O)N(CC(O)COc1cccc(S(=O)(=O)C2CC2)c1)C1COC2(CCN(S(=O)(=O)c3cccc(Br)c3)CC2)C1. The molecule has 2 heterocycles. The third kappa shape index (κ3) is 6.73. The van der Waals surface area contributed by atoms with Crippen molar-refractivity contribution in [2.75, 3.05) is 32.8 Å². The molecule has 2 saturated heterocycles. The first-order valence-corrected chi connectivity index (χ1v) is 17.2. The second kappa shape index (κ2) is 11.8. The Balaban J connectivity index is 1.15. The highest BCUT2D eigenvalue weighted by Crippen LogP contribution is 2.39. The first kappa shape index (κ1) is 30.2. The largest absolute Gasteiger partial charge is 0.491 e. The van der Waals surface area contributed by atoms with Gasteiger partial charge in [0.2, 0.25) is 10.0 Å². The van der Waals surface area contributed by atoms with E-state index in [2.05, 4.69) is 15.9 Å². The highest BCUT2D eigenvalue weighted by Gasteiger charge is 2.47. The molecular formula is C27H33BrN2O9S2. The summed E-state index contributed by atoms with van der Waals surface area (Å²) in [6, 6.07) is 12.1. The molecule has 1 amide bonds. The van der Waals surface area contributed by atoms with Crippen LogP contribution >= 0.6 is 15.9 Å².